The molecule has 4 heteroatoms. The second-order valence-electron chi connectivity index (χ2n) is 5.21. The molecule has 3 aromatic rings. The molecule has 116 valence electrons. The number of carbonyl (C=O) groups is 1. The summed E-state index contributed by atoms with van der Waals surface area (Å²) in [6.07, 6.45) is 1.41. The minimum absolute atomic E-state index is 0.0222. The van der Waals surface area contributed by atoms with Gasteiger partial charge in [0.1, 0.15) is 17.4 Å². The zero-order valence-corrected chi connectivity index (χ0v) is 12.7. The van der Waals surface area contributed by atoms with Crippen LogP contribution < -0.4 is 5.32 Å². The molecule has 0 fully saturated rings. The zero-order chi connectivity index (χ0) is 16.9. The molecule has 0 radical (unpaired) electrons. The third-order valence-corrected chi connectivity index (χ3v) is 3.63. The van der Waals surface area contributed by atoms with Gasteiger partial charge in [-0.25, -0.2) is 0 Å². The number of fused-ring (bicyclic) bond motifs is 1. The Morgan fingerprint density at radius 2 is 1.71 bits per heavy atom. The molecule has 0 aliphatic carbocycles. The fourth-order valence-electron chi connectivity index (χ4n) is 2.45. The van der Waals surface area contributed by atoms with Gasteiger partial charge in [-0.05, 0) is 35.0 Å². The van der Waals surface area contributed by atoms with E-state index in [0.717, 1.165) is 10.8 Å². The highest BCUT2D eigenvalue weighted by Gasteiger charge is 2.12. The summed E-state index contributed by atoms with van der Waals surface area (Å²) in [4.78, 5) is 12.3. The van der Waals surface area contributed by atoms with Crippen molar-refractivity contribution in [2.45, 2.75) is 0 Å². The van der Waals surface area contributed by atoms with Crippen molar-refractivity contribution in [1.29, 1.82) is 5.26 Å². The molecule has 24 heavy (non-hydrogen) atoms. The average Bonchev–Trinajstić information content (AvgIpc) is 2.62. The highest BCUT2D eigenvalue weighted by Crippen LogP contribution is 2.29. The quantitative estimate of drug-likeness (QED) is 0.565. The average molecular weight is 314 g/mol. The van der Waals surface area contributed by atoms with Gasteiger partial charge in [0.05, 0.1) is 0 Å². The normalized spacial score (nSPS) is 11.0. The molecule has 3 rings (SSSR count). The van der Waals surface area contributed by atoms with E-state index in [2.05, 4.69) is 5.32 Å². The van der Waals surface area contributed by atoms with Gasteiger partial charge in [-0.15, -0.1) is 0 Å². The number of nitrogens with one attached hydrogen (secondary N) is 1. The van der Waals surface area contributed by atoms with Crippen molar-refractivity contribution in [2.75, 3.05) is 5.32 Å². The van der Waals surface area contributed by atoms with E-state index in [1.165, 1.54) is 6.08 Å². The van der Waals surface area contributed by atoms with Crippen LogP contribution in [0.1, 0.15) is 5.56 Å². The van der Waals surface area contributed by atoms with E-state index in [0.29, 0.717) is 11.3 Å². The molecule has 0 bridgehead atoms. The molecule has 3 aromatic carbocycles. The second kappa shape index (κ2) is 6.67. The predicted molar refractivity (Wildman–Crippen MR) is 94.3 cm³/mol. The Balaban J connectivity index is 2.01. The number of hydrogen-bond acceptors (Lipinski definition) is 3. The SMILES string of the molecule is N#CC(=Cc1c(O)ccc2ccccc12)C(=O)Nc1ccccc1. The molecule has 0 saturated heterocycles. The number of aromatic hydroxyl groups is 1. The minimum atomic E-state index is -0.518. The summed E-state index contributed by atoms with van der Waals surface area (Å²) < 4.78 is 0. The van der Waals surface area contributed by atoms with E-state index in [9.17, 15) is 15.2 Å². The number of para-hydroxylation sites is 1. The summed E-state index contributed by atoms with van der Waals surface area (Å²) in [5.41, 5.74) is 0.976. The lowest BCUT2D eigenvalue weighted by Crippen LogP contribution is -2.13. The van der Waals surface area contributed by atoms with Crippen LogP contribution in [-0.4, -0.2) is 11.0 Å². The number of amides is 1. The minimum Gasteiger partial charge on any atom is -0.507 e. The highest BCUT2D eigenvalue weighted by atomic mass is 16.3. The van der Waals surface area contributed by atoms with Gasteiger partial charge in [-0.2, -0.15) is 5.26 Å². The number of rotatable bonds is 3. The molecule has 2 N–H and O–H groups in total. The summed E-state index contributed by atoms with van der Waals surface area (Å²) in [6.45, 7) is 0. The fourth-order valence-corrected chi connectivity index (χ4v) is 2.45. The van der Waals surface area contributed by atoms with Crippen molar-refractivity contribution in [2.24, 2.45) is 0 Å². The highest BCUT2D eigenvalue weighted by molar-refractivity contribution is 6.11. The maximum Gasteiger partial charge on any atom is 0.266 e. The van der Waals surface area contributed by atoms with Crippen LogP contribution >= 0.6 is 0 Å². The first-order chi connectivity index (χ1) is 11.7. The number of hydrogen-bond donors (Lipinski definition) is 2. The van der Waals surface area contributed by atoms with Crippen molar-refractivity contribution in [3.8, 4) is 11.8 Å². The lowest BCUT2D eigenvalue weighted by Gasteiger charge is -2.07. The molecule has 1 amide bonds. The monoisotopic (exact) mass is 314 g/mol. The summed E-state index contributed by atoms with van der Waals surface area (Å²) in [5.74, 6) is -0.495. The standard InChI is InChI=1S/C20H14N2O2/c21-13-15(20(24)22-16-7-2-1-3-8-16)12-18-17-9-5-4-6-14(17)10-11-19(18)23/h1-12,23H,(H,22,24). The number of carbonyl (C=O) groups excluding carboxylic acids is 1. The van der Waals surface area contributed by atoms with Crippen molar-refractivity contribution in [3.05, 3.63) is 77.9 Å². The maximum atomic E-state index is 12.3. The number of phenols is 1. The first kappa shape index (κ1) is 15.3. The third kappa shape index (κ3) is 3.11. The number of anilines is 1. The topological polar surface area (TPSA) is 73.1 Å². The Morgan fingerprint density at radius 1 is 1.00 bits per heavy atom. The Labute approximate surface area is 139 Å². The zero-order valence-electron chi connectivity index (χ0n) is 12.7. The van der Waals surface area contributed by atoms with Crippen LogP contribution in [0.4, 0.5) is 5.69 Å². The van der Waals surface area contributed by atoms with Crippen LogP contribution in [0.15, 0.2) is 72.3 Å². The molecule has 0 saturated carbocycles. The Kier molecular flexibility index (Phi) is 4.26. The van der Waals surface area contributed by atoms with Crippen molar-refractivity contribution in [3.63, 3.8) is 0 Å². The smallest absolute Gasteiger partial charge is 0.266 e. The first-order valence-electron chi connectivity index (χ1n) is 7.38. The van der Waals surface area contributed by atoms with Gasteiger partial charge in [-0.1, -0.05) is 48.5 Å². The Bertz CT molecular complexity index is 970. The van der Waals surface area contributed by atoms with E-state index in [4.69, 9.17) is 0 Å². The predicted octanol–water partition coefficient (Wildman–Crippen LogP) is 4.09. The largest absolute Gasteiger partial charge is 0.507 e. The van der Waals surface area contributed by atoms with Crippen molar-refractivity contribution < 1.29 is 9.90 Å². The summed E-state index contributed by atoms with van der Waals surface area (Å²) in [5, 5.41) is 23.8. The molecule has 0 aromatic heterocycles. The fraction of sp³-hybridized carbons (Fsp3) is 0. The molecular weight excluding hydrogens is 300 g/mol. The van der Waals surface area contributed by atoms with E-state index in [1.54, 1.807) is 36.4 Å². The van der Waals surface area contributed by atoms with Gasteiger partial charge >= 0.3 is 0 Å². The van der Waals surface area contributed by atoms with Gasteiger partial charge in [0.2, 0.25) is 0 Å². The Hall–Kier alpha value is -3.58. The first-order valence-corrected chi connectivity index (χ1v) is 7.38. The second-order valence-corrected chi connectivity index (χ2v) is 5.21. The number of benzene rings is 3. The van der Waals surface area contributed by atoms with Gasteiger partial charge in [0.15, 0.2) is 0 Å². The van der Waals surface area contributed by atoms with Crippen LogP contribution in [0.3, 0.4) is 0 Å². The molecular formula is C20H14N2O2. The van der Waals surface area contributed by atoms with Crippen LogP contribution in [0.2, 0.25) is 0 Å². The molecule has 4 nitrogen and oxygen atoms in total. The van der Waals surface area contributed by atoms with E-state index in [-0.39, 0.29) is 11.3 Å². The van der Waals surface area contributed by atoms with Crippen LogP contribution in [0.5, 0.6) is 5.75 Å². The number of phenolic OH excluding ortho intramolecular Hbond substituents is 1. The summed E-state index contributed by atoms with van der Waals surface area (Å²) in [7, 11) is 0. The molecule has 0 spiro atoms. The summed E-state index contributed by atoms with van der Waals surface area (Å²) >= 11 is 0. The van der Waals surface area contributed by atoms with Crippen molar-refractivity contribution >= 4 is 28.4 Å². The van der Waals surface area contributed by atoms with E-state index >= 15 is 0 Å². The van der Waals surface area contributed by atoms with Gasteiger partial charge < -0.3 is 10.4 Å². The Morgan fingerprint density at radius 3 is 2.46 bits per heavy atom. The summed E-state index contributed by atoms with van der Waals surface area (Å²) in [6, 6.07) is 21.6. The number of nitrogens with zero attached hydrogens (tertiary/aromatic N) is 1. The van der Waals surface area contributed by atoms with Crippen LogP contribution in [0.25, 0.3) is 16.8 Å². The molecule has 0 aliphatic rings. The third-order valence-electron chi connectivity index (χ3n) is 3.63. The van der Waals surface area contributed by atoms with Crippen LogP contribution in [0, 0.1) is 11.3 Å². The van der Waals surface area contributed by atoms with E-state index in [1.807, 2.05) is 36.4 Å². The number of nitriles is 1. The lowest BCUT2D eigenvalue weighted by molar-refractivity contribution is -0.112. The van der Waals surface area contributed by atoms with Gasteiger partial charge in [0.25, 0.3) is 5.91 Å². The molecule has 0 atom stereocenters. The maximum absolute atomic E-state index is 12.3. The van der Waals surface area contributed by atoms with E-state index < -0.39 is 5.91 Å². The lowest BCUT2D eigenvalue weighted by atomic mass is 10.0. The molecule has 0 unspecified atom stereocenters. The van der Waals surface area contributed by atoms with Gasteiger partial charge in [0, 0.05) is 11.3 Å². The van der Waals surface area contributed by atoms with Gasteiger partial charge in [-0.3, -0.25) is 4.79 Å². The van der Waals surface area contributed by atoms with Crippen LogP contribution in [-0.2, 0) is 4.79 Å². The molecule has 0 heterocycles. The van der Waals surface area contributed by atoms with Crippen molar-refractivity contribution in [1.82, 2.24) is 0 Å². The molecule has 0 aliphatic heterocycles.